The van der Waals surface area contributed by atoms with Crippen LogP contribution in [0.15, 0.2) is 23.1 Å². The number of sulfonamides is 1. The lowest BCUT2D eigenvalue weighted by Crippen LogP contribution is -2.29. The van der Waals surface area contributed by atoms with Crippen LogP contribution >= 0.6 is 12.4 Å². The van der Waals surface area contributed by atoms with Crippen LogP contribution in [-0.2, 0) is 10.0 Å². The maximum absolute atomic E-state index is 13.6. The van der Waals surface area contributed by atoms with Gasteiger partial charge in [0.1, 0.15) is 10.7 Å². The zero-order chi connectivity index (χ0) is 13.1. The molecule has 0 spiro atoms. The van der Waals surface area contributed by atoms with Gasteiger partial charge >= 0.3 is 0 Å². The molecule has 104 valence electrons. The van der Waals surface area contributed by atoms with Crippen LogP contribution in [0, 0.1) is 12.7 Å². The van der Waals surface area contributed by atoms with E-state index in [1.807, 2.05) is 0 Å². The molecule has 0 aromatic heterocycles. The van der Waals surface area contributed by atoms with Gasteiger partial charge in [0.05, 0.1) is 0 Å². The molecule has 1 atom stereocenters. The summed E-state index contributed by atoms with van der Waals surface area (Å²) in [6.45, 7) is 3.51. The van der Waals surface area contributed by atoms with Gasteiger partial charge in [-0.15, -0.1) is 12.4 Å². The second kappa shape index (κ2) is 7.04. The number of halogens is 2. The van der Waals surface area contributed by atoms with Crippen molar-refractivity contribution < 1.29 is 12.8 Å². The predicted molar refractivity (Wildman–Crippen MR) is 71.8 cm³/mol. The summed E-state index contributed by atoms with van der Waals surface area (Å²) in [5.74, 6) is -0.708. The zero-order valence-electron chi connectivity index (χ0n) is 10.3. The lowest BCUT2D eigenvalue weighted by molar-refractivity contribution is 0.548. The molecule has 0 saturated heterocycles. The van der Waals surface area contributed by atoms with Gasteiger partial charge in [0.25, 0.3) is 0 Å². The number of benzene rings is 1. The second-order valence-electron chi connectivity index (χ2n) is 4.05. The van der Waals surface area contributed by atoms with Crippen molar-refractivity contribution in [2.24, 2.45) is 5.73 Å². The van der Waals surface area contributed by atoms with E-state index in [0.717, 1.165) is 0 Å². The molecule has 1 aromatic carbocycles. The fourth-order valence-electron chi connectivity index (χ4n) is 1.33. The van der Waals surface area contributed by atoms with Crippen molar-refractivity contribution in [3.05, 3.63) is 29.6 Å². The van der Waals surface area contributed by atoms with E-state index in [4.69, 9.17) is 5.73 Å². The van der Waals surface area contributed by atoms with Crippen LogP contribution in [0.5, 0.6) is 0 Å². The summed E-state index contributed by atoms with van der Waals surface area (Å²) in [6, 6.07) is 4.19. The lowest BCUT2D eigenvalue weighted by Gasteiger charge is -2.09. The number of rotatable bonds is 5. The van der Waals surface area contributed by atoms with Crippen molar-refractivity contribution in [2.75, 3.05) is 6.54 Å². The van der Waals surface area contributed by atoms with Crippen molar-refractivity contribution in [1.82, 2.24) is 4.72 Å². The molecule has 0 saturated carbocycles. The Kier molecular flexibility index (Phi) is 6.77. The summed E-state index contributed by atoms with van der Waals surface area (Å²) in [4.78, 5) is -0.317. The Morgan fingerprint density at radius 3 is 2.61 bits per heavy atom. The van der Waals surface area contributed by atoms with Crippen molar-refractivity contribution >= 4 is 22.4 Å². The zero-order valence-corrected chi connectivity index (χ0v) is 11.9. The molecule has 1 aromatic rings. The fraction of sp³-hybridized carbons (Fsp3) is 0.455. The van der Waals surface area contributed by atoms with Gasteiger partial charge in [-0.2, -0.15) is 0 Å². The number of aryl methyl sites for hydroxylation is 1. The van der Waals surface area contributed by atoms with Gasteiger partial charge < -0.3 is 5.73 Å². The van der Waals surface area contributed by atoms with Gasteiger partial charge in [-0.3, -0.25) is 0 Å². The largest absolute Gasteiger partial charge is 0.328 e. The van der Waals surface area contributed by atoms with E-state index in [1.165, 1.54) is 25.1 Å². The van der Waals surface area contributed by atoms with Crippen molar-refractivity contribution in [1.29, 1.82) is 0 Å². The first-order valence-corrected chi connectivity index (χ1v) is 6.83. The molecule has 0 aliphatic heterocycles. The summed E-state index contributed by atoms with van der Waals surface area (Å²) in [6.07, 6.45) is 0.507. The molecular weight excluding hydrogens is 279 g/mol. The molecule has 1 unspecified atom stereocenters. The predicted octanol–water partition coefficient (Wildman–Crippen LogP) is 1.57. The Morgan fingerprint density at radius 1 is 1.44 bits per heavy atom. The summed E-state index contributed by atoms with van der Waals surface area (Å²) < 4.78 is 39.6. The first-order chi connectivity index (χ1) is 7.84. The molecule has 7 heteroatoms. The lowest BCUT2D eigenvalue weighted by atomic mass is 10.2. The monoisotopic (exact) mass is 296 g/mol. The SMILES string of the molecule is Cc1cccc(S(=O)(=O)NCCC(C)N)c1F.Cl. The molecule has 18 heavy (non-hydrogen) atoms. The number of hydrogen-bond donors (Lipinski definition) is 2. The minimum absolute atomic E-state index is 0. The van der Waals surface area contributed by atoms with Crippen LogP contribution in [0.2, 0.25) is 0 Å². The van der Waals surface area contributed by atoms with Crippen LogP contribution in [0.25, 0.3) is 0 Å². The maximum Gasteiger partial charge on any atom is 0.243 e. The summed E-state index contributed by atoms with van der Waals surface area (Å²) in [7, 11) is -3.79. The first kappa shape index (κ1) is 17.3. The molecule has 0 aliphatic carbocycles. The van der Waals surface area contributed by atoms with Crippen LogP contribution in [-0.4, -0.2) is 21.0 Å². The number of nitrogens with two attached hydrogens (primary N) is 1. The molecule has 4 nitrogen and oxygen atoms in total. The Hall–Kier alpha value is -0.690. The maximum atomic E-state index is 13.6. The van der Waals surface area contributed by atoms with Crippen LogP contribution in [0.1, 0.15) is 18.9 Å². The van der Waals surface area contributed by atoms with E-state index in [9.17, 15) is 12.8 Å². The van der Waals surface area contributed by atoms with E-state index < -0.39 is 15.8 Å². The second-order valence-corrected chi connectivity index (χ2v) is 5.79. The molecule has 0 fully saturated rings. The highest BCUT2D eigenvalue weighted by atomic mass is 35.5. The topological polar surface area (TPSA) is 72.2 Å². The third-order valence-electron chi connectivity index (χ3n) is 2.34. The molecule has 0 aliphatic rings. The molecule has 0 amide bonds. The van der Waals surface area contributed by atoms with E-state index in [2.05, 4.69) is 4.72 Å². The molecule has 0 radical (unpaired) electrons. The highest BCUT2D eigenvalue weighted by molar-refractivity contribution is 7.89. The average Bonchev–Trinajstić information content (AvgIpc) is 2.21. The minimum Gasteiger partial charge on any atom is -0.328 e. The summed E-state index contributed by atoms with van der Waals surface area (Å²) >= 11 is 0. The molecular formula is C11H18ClFN2O2S. The van der Waals surface area contributed by atoms with Gasteiger partial charge in [0.15, 0.2) is 0 Å². The number of nitrogens with one attached hydrogen (secondary N) is 1. The molecule has 0 bridgehead atoms. The average molecular weight is 297 g/mol. The quantitative estimate of drug-likeness (QED) is 0.866. The van der Waals surface area contributed by atoms with Gasteiger partial charge in [0, 0.05) is 12.6 Å². The van der Waals surface area contributed by atoms with Gasteiger partial charge in [-0.25, -0.2) is 17.5 Å². The van der Waals surface area contributed by atoms with Crippen molar-refractivity contribution in [3.8, 4) is 0 Å². The summed E-state index contributed by atoms with van der Waals surface area (Å²) in [5, 5.41) is 0. The molecule has 3 N–H and O–H groups in total. The van der Waals surface area contributed by atoms with Crippen molar-refractivity contribution in [2.45, 2.75) is 31.2 Å². The molecule has 1 rings (SSSR count). The van der Waals surface area contributed by atoms with Crippen molar-refractivity contribution in [3.63, 3.8) is 0 Å². The van der Waals surface area contributed by atoms with E-state index in [0.29, 0.717) is 12.0 Å². The van der Waals surface area contributed by atoms with Gasteiger partial charge in [-0.05, 0) is 31.9 Å². The minimum atomic E-state index is -3.79. The first-order valence-electron chi connectivity index (χ1n) is 5.35. The Labute approximate surface area is 113 Å². The van der Waals surface area contributed by atoms with Crippen LogP contribution in [0.4, 0.5) is 4.39 Å². The Morgan fingerprint density at radius 2 is 2.06 bits per heavy atom. The van der Waals surface area contributed by atoms with Gasteiger partial charge in [-0.1, -0.05) is 12.1 Å². The third-order valence-corrected chi connectivity index (χ3v) is 3.82. The van der Waals surface area contributed by atoms with Gasteiger partial charge in [0.2, 0.25) is 10.0 Å². The molecule has 0 heterocycles. The van der Waals surface area contributed by atoms with Crippen LogP contribution in [0.3, 0.4) is 0 Å². The normalized spacial score (nSPS) is 12.9. The Balaban J connectivity index is 0.00000289. The van der Waals surface area contributed by atoms with E-state index in [-0.39, 0.29) is 29.9 Å². The standard InChI is InChI=1S/C11H17FN2O2S.ClH/c1-8-4-3-5-10(11(8)12)17(15,16)14-7-6-9(2)13;/h3-5,9,14H,6-7,13H2,1-2H3;1H. The highest BCUT2D eigenvalue weighted by Gasteiger charge is 2.19. The smallest absolute Gasteiger partial charge is 0.243 e. The van der Waals surface area contributed by atoms with E-state index in [1.54, 1.807) is 6.92 Å². The van der Waals surface area contributed by atoms with E-state index >= 15 is 0 Å². The summed E-state index contributed by atoms with van der Waals surface area (Å²) in [5.41, 5.74) is 5.81. The third kappa shape index (κ3) is 4.53. The number of hydrogen-bond acceptors (Lipinski definition) is 3. The Bertz CT molecular complexity index is 492. The highest BCUT2D eigenvalue weighted by Crippen LogP contribution is 2.16. The van der Waals surface area contributed by atoms with Crippen LogP contribution < -0.4 is 10.5 Å². The fourth-order valence-corrected chi connectivity index (χ4v) is 2.52.